The van der Waals surface area contributed by atoms with E-state index in [1.165, 1.54) is 0 Å². The second kappa shape index (κ2) is 4.31. The van der Waals surface area contributed by atoms with Crippen molar-refractivity contribution in [3.63, 3.8) is 0 Å². The zero-order valence-corrected chi connectivity index (χ0v) is 7.38. The molecule has 0 amide bonds. The maximum atomic E-state index is 13.0. The molecular weight excluding hydrogens is 213 g/mol. The van der Waals surface area contributed by atoms with Crippen molar-refractivity contribution in [2.45, 2.75) is 12.5 Å². The Morgan fingerprint density at radius 3 is 2.27 bits per heavy atom. The zero-order valence-electron chi connectivity index (χ0n) is 7.38. The first-order chi connectivity index (χ1) is 6.91. The van der Waals surface area contributed by atoms with Gasteiger partial charge in [-0.3, -0.25) is 4.79 Å². The molecule has 0 fully saturated rings. The molecule has 0 saturated heterocycles. The van der Waals surface area contributed by atoms with Gasteiger partial charge in [-0.25, -0.2) is 13.2 Å². The van der Waals surface area contributed by atoms with Gasteiger partial charge in [-0.1, -0.05) is 0 Å². The molecule has 15 heavy (non-hydrogen) atoms. The van der Waals surface area contributed by atoms with Gasteiger partial charge in [0.25, 0.3) is 0 Å². The minimum Gasteiger partial charge on any atom is -0.481 e. The van der Waals surface area contributed by atoms with Crippen molar-refractivity contribution in [3.05, 3.63) is 35.1 Å². The molecule has 2 N–H and O–H groups in total. The molecule has 6 heteroatoms. The van der Waals surface area contributed by atoms with Crippen molar-refractivity contribution in [1.29, 1.82) is 0 Å². The van der Waals surface area contributed by atoms with Crippen LogP contribution in [0, 0.1) is 17.5 Å². The van der Waals surface area contributed by atoms with Crippen LogP contribution in [0.15, 0.2) is 12.1 Å². The standard InChI is InChI=1S/C9H7F3O3/c10-5-2-7(12)6(11)1-4(5)8(13)3-9(14)15/h1-2,8,13H,3H2,(H,14,15)/t8-/m1/s1. The number of aliphatic carboxylic acids is 1. The number of carboxylic acids is 1. The molecular formula is C9H7F3O3. The lowest BCUT2D eigenvalue weighted by atomic mass is 10.1. The zero-order chi connectivity index (χ0) is 11.6. The molecule has 0 aliphatic heterocycles. The largest absolute Gasteiger partial charge is 0.481 e. The summed E-state index contributed by atoms with van der Waals surface area (Å²) < 4.78 is 38.1. The van der Waals surface area contributed by atoms with Crippen molar-refractivity contribution in [2.24, 2.45) is 0 Å². The molecule has 0 bridgehead atoms. The number of aliphatic hydroxyl groups excluding tert-OH is 1. The molecule has 0 heterocycles. The molecule has 3 nitrogen and oxygen atoms in total. The fourth-order valence-corrected chi connectivity index (χ4v) is 1.07. The highest BCUT2D eigenvalue weighted by molar-refractivity contribution is 5.67. The summed E-state index contributed by atoms with van der Waals surface area (Å²) in [6.45, 7) is 0. The first-order valence-electron chi connectivity index (χ1n) is 3.96. The third-order valence-corrected chi connectivity index (χ3v) is 1.77. The smallest absolute Gasteiger partial charge is 0.306 e. The van der Waals surface area contributed by atoms with Crippen LogP contribution in [-0.4, -0.2) is 16.2 Å². The first-order valence-corrected chi connectivity index (χ1v) is 3.96. The number of hydrogen-bond donors (Lipinski definition) is 2. The van der Waals surface area contributed by atoms with Crippen molar-refractivity contribution < 1.29 is 28.2 Å². The van der Waals surface area contributed by atoms with E-state index in [1.54, 1.807) is 0 Å². The normalized spacial score (nSPS) is 12.5. The molecule has 1 aromatic carbocycles. The Hall–Kier alpha value is -1.56. The van der Waals surface area contributed by atoms with E-state index < -0.39 is 41.5 Å². The molecule has 1 rings (SSSR count). The van der Waals surface area contributed by atoms with E-state index in [-0.39, 0.29) is 6.07 Å². The van der Waals surface area contributed by atoms with Crippen LogP contribution in [0.25, 0.3) is 0 Å². The summed E-state index contributed by atoms with van der Waals surface area (Å²) in [5, 5.41) is 17.5. The van der Waals surface area contributed by atoms with Crippen molar-refractivity contribution in [1.82, 2.24) is 0 Å². The second-order valence-corrected chi connectivity index (χ2v) is 2.90. The predicted molar refractivity (Wildman–Crippen MR) is 43.5 cm³/mol. The van der Waals surface area contributed by atoms with Gasteiger partial charge in [-0.2, -0.15) is 0 Å². The van der Waals surface area contributed by atoms with E-state index >= 15 is 0 Å². The Kier molecular flexibility index (Phi) is 3.31. The summed E-state index contributed by atoms with van der Waals surface area (Å²) >= 11 is 0. The highest BCUT2D eigenvalue weighted by atomic mass is 19.2. The Balaban J connectivity index is 3.03. The third-order valence-electron chi connectivity index (χ3n) is 1.77. The minimum atomic E-state index is -1.70. The highest BCUT2D eigenvalue weighted by Gasteiger charge is 2.19. The summed E-state index contributed by atoms with van der Waals surface area (Å²) in [5.41, 5.74) is -0.573. The number of aliphatic hydroxyl groups is 1. The van der Waals surface area contributed by atoms with Crippen LogP contribution < -0.4 is 0 Å². The van der Waals surface area contributed by atoms with E-state index in [4.69, 9.17) is 5.11 Å². The Morgan fingerprint density at radius 2 is 1.73 bits per heavy atom. The van der Waals surface area contributed by atoms with Gasteiger partial charge in [0.15, 0.2) is 11.6 Å². The highest BCUT2D eigenvalue weighted by Crippen LogP contribution is 2.22. The average Bonchev–Trinajstić information content (AvgIpc) is 2.09. The molecule has 1 aromatic rings. The van der Waals surface area contributed by atoms with Gasteiger partial charge in [0.1, 0.15) is 5.82 Å². The summed E-state index contributed by atoms with van der Waals surface area (Å²) in [5.74, 6) is -5.27. The van der Waals surface area contributed by atoms with Crippen LogP contribution >= 0.6 is 0 Å². The average molecular weight is 220 g/mol. The summed E-state index contributed by atoms with van der Waals surface area (Å²) in [7, 11) is 0. The topological polar surface area (TPSA) is 57.5 Å². The fraction of sp³-hybridized carbons (Fsp3) is 0.222. The molecule has 82 valence electrons. The number of benzene rings is 1. The van der Waals surface area contributed by atoms with E-state index in [0.29, 0.717) is 6.07 Å². The van der Waals surface area contributed by atoms with Gasteiger partial charge in [0, 0.05) is 11.6 Å². The maximum Gasteiger partial charge on any atom is 0.306 e. The van der Waals surface area contributed by atoms with Crippen LogP contribution in [-0.2, 0) is 4.79 Å². The van der Waals surface area contributed by atoms with E-state index in [9.17, 15) is 23.1 Å². The van der Waals surface area contributed by atoms with Crippen LogP contribution in [0.4, 0.5) is 13.2 Å². The SMILES string of the molecule is O=C(O)C[C@@H](O)c1cc(F)c(F)cc1F. The molecule has 0 aliphatic carbocycles. The summed E-state index contributed by atoms with van der Waals surface area (Å²) in [6, 6.07) is 0.702. The lowest BCUT2D eigenvalue weighted by Gasteiger charge is -2.09. The van der Waals surface area contributed by atoms with Gasteiger partial charge in [-0.15, -0.1) is 0 Å². The molecule has 0 saturated carbocycles. The molecule has 0 radical (unpaired) electrons. The van der Waals surface area contributed by atoms with Gasteiger partial charge in [0.2, 0.25) is 0 Å². The quantitative estimate of drug-likeness (QED) is 0.761. The summed E-state index contributed by atoms with van der Waals surface area (Å²) in [6.07, 6.45) is -2.47. The Morgan fingerprint density at radius 1 is 1.20 bits per heavy atom. The van der Waals surface area contributed by atoms with Gasteiger partial charge >= 0.3 is 5.97 Å². The van der Waals surface area contributed by atoms with Crippen molar-refractivity contribution >= 4 is 5.97 Å². The van der Waals surface area contributed by atoms with E-state index in [1.807, 2.05) is 0 Å². The third kappa shape index (κ3) is 2.69. The molecule has 0 aliphatic rings. The monoisotopic (exact) mass is 220 g/mol. The maximum absolute atomic E-state index is 13.0. The minimum absolute atomic E-state index is 0.260. The number of hydrogen-bond acceptors (Lipinski definition) is 2. The van der Waals surface area contributed by atoms with Crippen LogP contribution in [0.5, 0.6) is 0 Å². The molecule has 1 atom stereocenters. The van der Waals surface area contributed by atoms with Gasteiger partial charge < -0.3 is 10.2 Å². The first kappa shape index (κ1) is 11.5. The molecule has 0 spiro atoms. The van der Waals surface area contributed by atoms with Crippen LogP contribution in [0.2, 0.25) is 0 Å². The lowest BCUT2D eigenvalue weighted by molar-refractivity contribution is -0.139. The van der Waals surface area contributed by atoms with Gasteiger partial charge in [0.05, 0.1) is 12.5 Å². The fourth-order valence-electron chi connectivity index (χ4n) is 1.07. The number of rotatable bonds is 3. The van der Waals surface area contributed by atoms with E-state index in [2.05, 4.69) is 0 Å². The number of halogens is 3. The van der Waals surface area contributed by atoms with E-state index in [0.717, 1.165) is 0 Å². The lowest BCUT2D eigenvalue weighted by Crippen LogP contribution is -2.08. The van der Waals surface area contributed by atoms with Crippen molar-refractivity contribution in [3.8, 4) is 0 Å². The molecule has 0 aromatic heterocycles. The van der Waals surface area contributed by atoms with Gasteiger partial charge in [-0.05, 0) is 6.07 Å². The number of carboxylic acid groups (broad SMARTS) is 1. The summed E-state index contributed by atoms with van der Waals surface area (Å²) in [4.78, 5) is 10.2. The Bertz CT molecular complexity index is 392. The number of carbonyl (C=O) groups is 1. The van der Waals surface area contributed by atoms with Crippen LogP contribution in [0.1, 0.15) is 18.1 Å². The predicted octanol–water partition coefficient (Wildman–Crippen LogP) is 1.61. The second-order valence-electron chi connectivity index (χ2n) is 2.90. The molecule has 0 unspecified atom stereocenters. The van der Waals surface area contributed by atoms with Crippen LogP contribution in [0.3, 0.4) is 0 Å². The Labute approximate surface area is 82.8 Å². The van der Waals surface area contributed by atoms with Crippen molar-refractivity contribution in [2.75, 3.05) is 0 Å².